The van der Waals surface area contributed by atoms with Crippen molar-refractivity contribution in [3.05, 3.63) is 51.0 Å². The molecule has 1 aromatic heterocycles. The minimum absolute atomic E-state index is 0.676. The second-order valence-electron chi connectivity index (χ2n) is 5.73. The first-order valence-corrected chi connectivity index (χ1v) is 8.94. The number of aliphatic imine (C=N–C) groups is 1. The summed E-state index contributed by atoms with van der Waals surface area (Å²) in [5.41, 5.74) is 6.96. The van der Waals surface area contributed by atoms with Crippen LogP contribution in [0, 0.1) is 20.8 Å². The molecule has 1 heterocycles. The van der Waals surface area contributed by atoms with Crippen molar-refractivity contribution in [1.29, 1.82) is 0 Å². The van der Waals surface area contributed by atoms with E-state index in [1.54, 1.807) is 11.3 Å². The van der Waals surface area contributed by atoms with Gasteiger partial charge < -0.3 is 10.6 Å². The lowest BCUT2D eigenvalue weighted by Gasteiger charge is -2.12. The quantitative estimate of drug-likeness (QED) is 0.631. The highest BCUT2D eigenvalue weighted by atomic mass is 32.1. The number of aromatic nitrogens is 1. The number of aryl methyl sites for hydroxylation is 3. The van der Waals surface area contributed by atoms with Gasteiger partial charge in [-0.1, -0.05) is 29.3 Å². The monoisotopic (exact) mass is 330 g/mol. The Morgan fingerprint density at radius 1 is 1.13 bits per heavy atom. The molecule has 2 aromatic rings. The minimum atomic E-state index is 0.676. The van der Waals surface area contributed by atoms with E-state index in [4.69, 9.17) is 0 Å². The molecule has 0 radical (unpaired) electrons. The Balaban J connectivity index is 1.90. The fourth-order valence-corrected chi connectivity index (χ4v) is 3.21. The van der Waals surface area contributed by atoms with Crippen molar-refractivity contribution in [1.82, 2.24) is 15.6 Å². The maximum Gasteiger partial charge on any atom is 0.191 e. The smallest absolute Gasteiger partial charge is 0.191 e. The van der Waals surface area contributed by atoms with Gasteiger partial charge in [-0.05, 0) is 39.7 Å². The molecule has 4 nitrogen and oxygen atoms in total. The van der Waals surface area contributed by atoms with Gasteiger partial charge in [0.25, 0.3) is 0 Å². The number of guanidine groups is 1. The summed E-state index contributed by atoms with van der Waals surface area (Å²) in [6.07, 6.45) is 0.993. The maximum atomic E-state index is 4.65. The fraction of sp³-hybridized carbons (Fsp3) is 0.444. The summed E-state index contributed by atoms with van der Waals surface area (Å²) in [6, 6.07) is 6.71. The molecule has 0 spiro atoms. The summed E-state index contributed by atoms with van der Waals surface area (Å²) >= 11 is 1.66. The first-order chi connectivity index (χ1) is 11.1. The Hall–Kier alpha value is -1.88. The predicted molar refractivity (Wildman–Crippen MR) is 99.3 cm³/mol. The first-order valence-electron chi connectivity index (χ1n) is 8.06. The van der Waals surface area contributed by atoms with E-state index in [2.05, 4.69) is 59.6 Å². The van der Waals surface area contributed by atoms with Gasteiger partial charge in [0.1, 0.15) is 0 Å². The number of hydrogen-bond acceptors (Lipinski definition) is 3. The van der Waals surface area contributed by atoms with E-state index in [1.165, 1.54) is 21.6 Å². The Morgan fingerprint density at radius 3 is 2.48 bits per heavy atom. The van der Waals surface area contributed by atoms with Crippen molar-refractivity contribution >= 4 is 17.3 Å². The third kappa shape index (κ3) is 5.67. The zero-order valence-corrected chi connectivity index (χ0v) is 15.3. The van der Waals surface area contributed by atoms with E-state index in [1.807, 2.05) is 12.4 Å². The third-order valence-corrected chi connectivity index (χ3v) is 4.48. The van der Waals surface area contributed by atoms with Crippen LogP contribution in [0.2, 0.25) is 0 Å². The molecule has 2 rings (SSSR count). The summed E-state index contributed by atoms with van der Waals surface area (Å²) in [5, 5.41) is 6.71. The van der Waals surface area contributed by atoms with Crippen LogP contribution in [0.4, 0.5) is 0 Å². The lowest BCUT2D eigenvalue weighted by molar-refractivity contribution is 0.799. The maximum absolute atomic E-state index is 4.65. The third-order valence-electron chi connectivity index (χ3n) is 3.56. The van der Waals surface area contributed by atoms with Gasteiger partial charge in [-0.3, -0.25) is 0 Å². The van der Waals surface area contributed by atoms with E-state index in [0.717, 1.165) is 31.2 Å². The molecule has 5 heteroatoms. The van der Waals surface area contributed by atoms with Crippen molar-refractivity contribution in [3.63, 3.8) is 0 Å². The van der Waals surface area contributed by atoms with Crippen molar-refractivity contribution < 1.29 is 0 Å². The normalized spacial score (nSPS) is 11.6. The van der Waals surface area contributed by atoms with Crippen molar-refractivity contribution in [3.8, 4) is 0 Å². The average Bonchev–Trinajstić information content (AvgIpc) is 2.89. The Bertz CT molecular complexity index is 641. The highest BCUT2D eigenvalue weighted by molar-refractivity contribution is 7.09. The van der Waals surface area contributed by atoms with Crippen LogP contribution in [0.15, 0.2) is 28.7 Å². The molecule has 124 valence electrons. The summed E-state index contributed by atoms with van der Waals surface area (Å²) in [7, 11) is 0. The molecule has 1 aromatic carbocycles. The molecule has 0 saturated carbocycles. The summed E-state index contributed by atoms with van der Waals surface area (Å²) in [6.45, 7) is 10.8. The van der Waals surface area contributed by atoms with E-state index in [-0.39, 0.29) is 0 Å². The standard InChI is InChI=1S/C18H26N4S/c1-5-19-18(21-11-17-15(4)22-12-23-17)20-7-6-16-9-13(2)8-14(3)10-16/h8-10,12H,5-7,11H2,1-4H3,(H2,19,20,21). The van der Waals surface area contributed by atoms with Crippen molar-refractivity contribution in [2.24, 2.45) is 4.99 Å². The predicted octanol–water partition coefficient (Wildman–Crippen LogP) is 3.37. The number of benzene rings is 1. The average molecular weight is 331 g/mol. The van der Waals surface area contributed by atoms with E-state index in [9.17, 15) is 0 Å². The Labute approximate surface area is 143 Å². The SMILES string of the molecule is CCNC(=NCc1scnc1C)NCCc1cc(C)cc(C)c1. The number of thiazole rings is 1. The molecular formula is C18H26N4S. The van der Waals surface area contributed by atoms with Crippen molar-refractivity contribution in [2.45, 2.75) is 40.7 Å². The van der Waals surface area contributed by atoms with Gasteiger partial charge in [0.15, 0.2) is 5.96 Å². The molecule has 23 heavy (non-hydrogen) atoms. The van der Waals surface area contributed by atoms with Crippen LogP contribution in [0.25, 0.3) is 0 Å². The van der Waals surface area contributed by atoms with Crippen LogP contribution >= 0.6 is 11.3 Å². The molecule has 0 fully saturated rings. The highest BCUT2D eigenvalue weighted by Crippen LogP contribution is 2.13. The fourth-order valence-electron chi connectivity index (χ4n) is 2.51. The molecule has 0 saturated heterocycles. The number of rotatable bonds is 6. The summed E-state index contributed by atoms with van der Waals surface area (Å²) in [5.74, 6) is 0.865. The van der Waals surface area contributed by atoms with E-state index in [0.29, 0.717) is 6.54 Å². The van der Waals surface area contributed by atoms with Gasteiger partial charge in [0.2, 0.25) is 0 Å². The van der Waals surface area contributed by atoms with Crippen LogP contribution in [-0.4, -0.2) is 24.0 Å². The molecule has 0 amide bonds. The molecule has 2 N–H and O–H groups in total. The molecule has 0 atom stereocenters. The van der Waals surface area contributed by atoms with Gasteiger partial charge in [-0.25, -0.2) is 9.98 Å². The van der Waals surface area contributed by atoms with Gasteiger partial charge in [-0.15, -0.1) is 11.3 Å². The highest BCUT2D eigenvalue weighted by Gasteiger charge is 2.02. The van der Waals surface area contributed by atoms with Gasteiger partial charge in [0.05, 0.1) is 17.7 Å². The topological polar surface area (TPSA) is 49.3 Å². The van der Waals surface area contributed by atoms with Crippen LogP contribution < -0.4 is 10.6 Å². The summed E-state index contributed by atoms with van der Waals surface area (Å²) < 4.78 is 0. The molecule has 0 unspecified atom stereocenters. The van der Waals surface area contributed by atoms with Gasteiger partial charge in [0, 0.05) is 18.0 Å². The van der Waals surface area contributed by atoms with Crippen molar-refractivity contribution in [2.75, 3.05) is 13.1 Å². The van der Waals surface area contributed by atoms with Gasteiger partial charge >= 0.3 is 0 Å². The lowest BCUT2D eigenvalue weighted by atomic mass is 10.1. The molecule has 0 aliphatic heterocycles. The second-order valence-corrected chi connectivity index (χ2v) is 6.67. The lowest BCUT2D eigenvalue weighted by Crippen LogP contribution is -2.38. The zero-order valence-electron chi connectivity index (χ0n) is 14.4. The Morgan fingerprint density at radius 2 is 1.87 bits per heavy atom. The van der Waals surface area contributed by atoms with Crippen LogP contribution in [0.1, 0.15) is 34.2 Å². The summed E-state index contributed by atoms with van der Waals surface area (Å²) in [4.78, 5) is 10.1. The Kier molecular flexibility index (Phi) is 6.59. The van der Waals surface area contributed by atoms with Crippen LogP contribution in [0.5, 0.6) is 0 Å². The van der Waals surface area contributed by atoms with Crippen LogP contribution in [0.3, 0.4) is 0 Å². The molecule has 0 bridgehead atoms. The van der Waals surface area contributed by atoms with Gasteiger partial charge in [-0.2, -0.15) is 0 Å². The largest absolute Gasteiger partial charge is 0.357 e. The van der Waals surface area contributed by atoms with Crippen LogP contribution in [-0.2, 0) is 13.0 Å². The zero-order chi connectivity index (χ0) is 16.7. The minimum Gasteiger partial charge on any atom is -0.357 e. The molecule has 0 aliphatic rings. The number of nitrogens with zero attached hydrogens (tertiary/aromatic N) is 2. The van der Waals surface area contributed by atoms with E-state index >= 15 is 0 Å². The first kappa shape index (κ1) is 17.5. The molecular weight excluding hydrogens is 304 g/mol. The number of nitrogens with one attached hydrogen (secondary N) is 2. The molecule has 0 aliphatic carbocycles. The second kappa shape index (κ2) is 8.67. The number of hydrogen-bond donors (Lipinski definition) is 2. The van der Waals surface area contributed by atoms with E-state index < -0.39 is 0 Å².